The summed E-state index contributed by atoms with van der Waals surface area (Å²) in [5, 5.41) is 3.42. The van der Waals surface area contributed by atoms with Gasteiger partial charge in [0.1, 0.15) is 22.2 Å². The number of hydrogen-bond donors (Lipinski definition) is 0. The van der Waals surface area contributed by atoms with Gasteiger partial charge in [-0.05, 0) is 63.6 Å². The smallest absolute Gasteiger partial charge is 0.141 e. The van der Waals surface area contributed by atoms with E-state index in [-0.39, 0.29) is 0 Å². The molecule has 0 radical (unpaired) electrons. The van der Waals surface area contributed by atoms with E-state index in [0.29, 0.717) is 11.8 Å². The molecule has 2 aliphatic heterocycles. The van der Waals surface area contributed by atoms with Crippen LogP contribution in [-0.2, 0) is 4.74 Å². The molecular formula is C28H36N4O2S. The third-order valence-electron chi connectivity index (χ3n) is 7.79. The number of para-hydroxylation sites is 1. The number of likely N-dealkylation sites (tertiary alicyclic amines) is 1. The van der Waals surface area contributed by atoms with Crippen LogP contribution in [-0.4, -0.2) is 67.9 Å². The summed E-state index contributed by atoms with van der Waals surface area (Å²) in [7, 11) is 1.74. The Morgan fingerprint density at radius 3 is 2.54 bits per heavy atom. The highest BCUT2D eigenvalue weighted by Crippen LogP contribution is 2.45. The van der Waals surface area contributed by atoms with Crippen LogP contribution in [0.5, 0.6) is 5.75 Å². The summed E-state index contributed by atoms with van der Waals surface area (Å²) in [5.41, 5.74) is 2.30. The molecule has 1 aromatic carbocycles. The Labute approximate surface area is 212 Å². The Bertz CT molecular complexity index is 1150. The van der Waals surface area contributed by atoms with Crippen LogP contribution in [0.15, 0.2) is 29.6 Å². The van der Waals surface area contributed by atoms with Crippen molar-refractivity contribution < 1.29 is 9.47 Å². The number of thiophene rings is 1. The lowest BCUT2D eigenvalue weighted by atomic mass is 9.97. The first-order valence-electron chi connectivity index (χ1n) is 13.3. The van der Waals surface area contributed by atoms with Crippen molar-refractivity contribution in [2.75, 3.05) is 57.9 Å². The first-order chi connectivity index (χ1) is 17.3. The zero-order valence-corrected chi connectivity index (χ0v) is 21.6. The van der Waals surface area contributed by atoms with Crippen LogP contribution in [0.3, 0.4) is 0 Å². The third kappa shape index (κ3) is 5.04. The molecule has 2 aromatic heterocycles. The van der Waals surface area contributed by atoms with E-state index in [4.69, 9.17) is 19.4 Å². The Morgan fingerprint density at radius 2 is 1.77 bits per heavy atom. The second-order valence-electron chi connectivity index (χ2n) is 10.3. The van der Waals surface area contributed by atoms with Gasteiger partial charge in [0.05, 0.1) is 19.1 Å². The van der Waals surface area contributed by atoms with E-state index in [1.807, 2.05) is 12.1 Å². The molecule has 186 valence electrons. The normalized spacial score (nSPS) is 19.6. The van der Waals surface area contributed by atoms with E-state index < -0.39 is 0 Å². The second-order valence-corrected chi connectivity index (χ2v) is 11.1. The molecule has 2 saturated heterocycles. The highest BCUT2D eigenvalue weighted by atomic mass is 32.1. The Hall–Kier alpha value is -2.22. The summed E-state index contributed by atoms with van der Waals surface area (Å²) in [5.74, 6) is 4.23. The van der Waals surface area contributed by atoms with Gasteiger partial charge in [-0.25, -0.2) is 9.97 Å². The number of anilines is 1. The molecule has 35 heavy (non-hydrogen) atoms. The second kappa shape index (κ2) is 10.4. The molecule has 3 aliphatic rings. The van der Waals surface area contributed by atoms with Crippen molar-refractivity contribution in [2.24, 2.45) is 5.92 Å². The third-order valence-corrected chi connectivity index (χ3v) is 8.66. The average molecular weight is 493 g/mol. The van der Waals surface area contributed by atoms with Crippen molar-refractivity contribution in [1.82, 2.24) is 14.9 Å². The molecule has 3 aromatic rings. The number of fused-ring (bicyclic) bond motifs is 1. The molecule has 0 N–H and O–H groups in total. The van der Waals surface area contributed by atoms with Gasteiger partial charge in [-0.15, -0.1) is 11.3 Å². The lowest BCUT2D eigenvalue weighted by Crippen LogP contribution is -2.36. The van der Waals surface area contributed by atoms with Crippen LogP contribution in [0.25, 0.3) is 21.3 Å². The van der Waals surface area contributed by atoms with Gasteiger partial charge in [0.15, 0.2) is 0 Å². The number of nitrogens with zero attached hydrogens (tertiary/aromatic N) is 4. The molecular weight excluding hydrogens is 456 g/mol. The summed E-state index contributed by atoms with van der Waals surface area (Å²) in [6.07, 6.45) is 7.43. The van der Waals surface area contributed by atoms with Crippen LogP contribution >= 0.6 is 11.3 Å². The Morgan fingerprint density at radius 1 is 0.971 bits per heavy atom. The Kier molecular flexibility index (Phi) is 6.90. The lowest BCUT2D eigenvalue weighted by Gasteiger charge is -2.33. The fourth-order valence-corrected chi connectivity index (χ4v) is 6.46. The molecule has 0 atom stereocenters. The van der Waals surface area contributed by atoms with Gasteiger partial charge >= 0.3 is 0 Å². The zero-order chi connectivity index (χ0) is 23.6. The minimum Gasteiger partial charge on any atom is -0.496 e. The summed E-state index contributed by atoms with van der Waals surface area (Å²) >= 11 is 1.73. The fraction of sp³-hybridized carbons (Fsp3) is 0.571. The van der Waals surface area contributed by atoms with E-state index in [0.717, 1.165) is 73.5 Å². The summed E-state index contributed by atoms with van der Waals surface area (Å²) in [6.45, 7) is 7.39. The quantitative estimate of drug-likeness (QED) is 0.364. The predicted octanol–water partition coefficient (Wildman–Crippen LogP) is 5.57. The fourth-order valence-electron chi connectivity index (χ4n) is 5.52. The molecule has 0 spiro atoms. The van der Waals surface area contributed by atoms with Crippen molar-refractivity contribution in [3.8, 4) is 16.9 Å². The monoisotopic (exact) mass is 492 g/mol. The minimum atomic E-state index is 0.538. The predicted molar refractivity (Wildman–Crippen MR) is 143 cm³/mol. The highest BCUT2D eigenvalue weighted by molar-refractivity contribution is 7.17. The van der Waals surface area contributed by atoms with Crippen molar-refractivity contribution in [1.29, 1.82) is 0 Å². The number of benzene rings is 1. The van der Waals surface area contributed by atoms with Crippen LogP contribution in [0.2, 0.25) is 0 Å². The zero-order valence-electron chi connectivity index (χ0n) is 20.7. The van der Waals surface area contributed by atoms with Crippen molar-refractivity contribution >= 4 is 27.4 Å². The molecule has 7 heteroatoms. The topological polar surface area (TPSA) is 50.7 Å². The van der Waals surface area contributed by atoms with Gasteiger partial charge in [0.25, 0.3) is 0 Å². The number of hydrogen-bond acceptors (Lipinski definition) is 7. The molecule has 0 unspecified atom stereocenters. The molecule has 0 bridgehead atoms. The van der Waals surface area contributed by atoms with Crippen LogP contribution in [0.4, 0.5) is 5.82 Å². The number of ether oxygens (including phenoxy) is 2. The standard InChI is InChI=1S/C28H36N4O2S/c1-33-24-7-3-2-6-22(24)23-19-35-28-25(23)27(29-26(30-28)21-8-9-21)32-14-10-20(11-15-32)18-34-17-16-31-12-4-5-13-31/h2-3,6-7,19-21H,4-5,8-18H2,1H3. The molecule has 1 saturated carbocycles. The molecule has 0 amide bonds. The Balaban J connectivity index is 1.19. The lowest BCUT2D eigenvalue weighted by molar-refractivity contribution is 0.0753. The maximum atomic E-state index is 6.10. The van der Waals surface area contributed by atoms with Crippen LogP contribution in [0.1, 0.15) is 50.3 Å². The average Bonchev–Trinajstić information content (AvgIpc) is 3.46. The number of rotatable bonds is 9. The SMILES string of the molecule is COc1ccccc1-c1csc2nc(C3CC3)nc(N3CCC(COCCN4CCCC4)CC3)c12. The van der Waals surface area contributed by atoms with Gasteiger partial charge in [-0.3, -0.25) is 0 Å². The van der Waals surface area contributed by atoms with E-state index in [9.17, 15) is 0 Å². The first kappa shape index (κ1) is 23.2. The van der Waals surface area contributed by atoms with Crippen LogP contribution in [0, 0.1) is 5.92 Å². The van der Waals surface area contributed by atoms with Gasteiger partial charge in [-0.2, -0.15) is 0 Å². The van der Waals surface area contributed by atoms with E-state index >= 15 is 0 Å². The van der Waals surface area contributed by atoms with E-state index in [1.54, 1.807) is 18.4 Å². The van der Waals surface area contributed by atoms with Crippen molar-refractivity contribution in [3.63, 3.8) is 0 Å². The largest absolute Gasteiger partial charge is 0.496 e. The molecule has 4 heterocycles. The maximum Gasteiger partial charge on any atom is 0.141 e. The van der Waals surface area contributed by atoms with E-state index in [2.05, 4.69) is 27.3 Å². The molecule has 1 aliphatic carbocycles. The van der Waals surface area contributed by atoms with Gasteiger partial charge in [-0.1, -0.05) is 18.2 Å². The van der Waals surface area contributed by atoms with Gasteiger partial charge in [0, 0.05) is 48.7 Å². The highest BCUT2D eigenvalue weighted by Gasteiger charge is 2.31. The number of aromatic nitrogens is 2. The summed E-state index contributed by atoms with van der Waals surface area (Å²) in [6, 6.07) is 8.28. The molecule has 3 fully saturated rings. The van der Waals surface area contributed by atoms with Gasteiger partial charge < -0.3 is 19.3 Å². The van der Waals surface area contributed by atoms with Crippen molar-refractivity contribution in [3.05, 3.63) is 35.5 Å². The number of methoxy groups -OCH3 is 1. The molecule has 6 rings (SSSR count). The number of piperidine rings is 1. The summed E-state index contributed by atoms with van der Waals surface area (Å²) < 4.78 is 11.8. The van der Waals surface area contributed by atoms with Crippen LogP contribution < -0.4 is 9.64 Å². The maximum absolute atomic E-state index is 6.10. The minimum absolute atomic E-state index is 0.538. The van der Waals surface area contributed by atoms with E-state index in [1.165, 1.54) is 49.7 Å². The molecule has 6 nitrogen and oxygen atoms in total. The first-order valence-corrected chi connectivity index (χ1v) is 14.2. The van der Waals surface area contributed by atoms with Gasteiger partial charge in [0.2, 0.25) is 0 Å². The van der Waals surface area contributed by atoms with Crippen molar-refractivity contribution in [2.45, 2.75) is 44.4 Å². The summed E-state index contributed by atoms with van der Waals surface area (Å²) in [4.78, 5) is 16.3.